The lowest BCUT2D eigenvalue weighted by molar-refractivity contribution is -0.131. The number of rotatable bonds is 5. The molecular weight excluding hydrogens is 300 g/mol. The summed E-state index contributed by atoms with van der Waals surface area (Å²) in [6.07, 6.45) is 7.82. The van der Waals surface area contributed by atoms with Crippen LogP contribution in [0.3, 0.4) is 0 Å². The van der Waals surface area contributed by atoms with Crippen LogP contribution in [0.2, 0.25) is 0 Å². The van der Waals surface area contributed by atoms with Crippen LogP contribution in [0.25, 0.3) is 0 Å². The third-order valence-corrected chi connectivity index (χ3v) is 5.50. The average molecular weight is 330 g/mol. The minimum Gasteiger partial charge on any atom is -0.381 e. The van der Waals surface area contributed by atoms with Crippen LogP contribution in [0.15, 0.2) is 30.3 Å². The fourth-order valence-electron chi connectivity index (χ4n) is 3.97. The molecule has 1 saturated carbocycles. The molecule has 2 aliphatic rings. The Hall–Kier alpha value is -1.39. The Labute approximate surface area is 145 Å². The Bertz CT molecular complexity index is 512. The summed E-state index contributed by atoms with van der Waals surface area (Å²) >= 11 is 0. The van der Waals surface area contributed by atoms with Gasteiger partial charge in [0.1, 0.15) is 0 Å². The van der Waals surface area contributed by atoms with E-state index in [1.165, 1.54) is 18.4 Å². The maximum Gasteiger partial charge on any atom is 0.222 e. The number of likely N-dealkylation sites (tertiary alicyclic amines) is 1. The van der Waals surface area contributed by atoms with Crippen molar-refractivity contribution < 1.29 is 9.53 Å². The smallest absolute Gasteiger partial charge is 0.222 e. The van der Waals surface area contributed by atoms with Crippen molar-refractivity contribution in [2.45, 2.75) is 69.7 Å². The molecule has 0 bridgehead atoms. The van der Waals surface area contributed by atoms with Crippen LogP contribution >= 0.6 is 0 Å². The summed E-state index contributed by atoms with van der Waals surface area (Å²) in [5.41, 5.74) is 1.22. The van der Waals surface area contributed by atoms with Gasteiger partial charge in [-0.25, -0.2) is 0 Å². The van der Waals surface area contributed by atoms with Crippen molar-refractivity contribution in [2.75, 3.05) is 13.7 Å². The van der Waals surface area contributed by atoms with E-state index >= 15 is 0 Å². The van der Waals surface area contributed by atoms with Crippen LogP contribution in [0.1, 0.15) is 50.5 Å². The number of hydrogen-bond donors (Lipinski definition) is 1. The van der Waals surface area contributed by atoms with Gasteiger partial charge in [0.25, 0.3) is 0 Å². The molecule has 0 spiro atoms. The molecular formula is C20H30N2O2. The highest BCUT2D eigenvalue weighted by Gasteiger charge is 2.26. The molecule has 4 nitrogen and oxygen atoms in total. The number of benzene rings is 1. The zero-order chi connectivity index (χ0) is 16.8. The minimum absolute atomic E-state index is 0.297. The Morgan fingerprint density at radius 1 is 1.04 bits per heavy atom. The van der Waals surface area contributed by atoms with Gasteiger partial charge in [-0.2, -0.15) is 0 Å². The zero-order valence-electron chi connectivity index (χ0n) is 14.7. The van der Waals surface area contributed by atoms with E-state index in [1.807, 2.05) is 30.2 Å². The summed E-state index contributed by atoms with van der Waals surface area (Å²) in [4.78, 5) is 14.4. The van der Waals surface area contributed by atoms with Crippen LogP contribution in [0.4, 0.5) is 0 Å². The van der Waals surface area contributed by atoms with Gasteiger partial charge < -0.3 is 15.0 Å². The van der Waals surface area contributed by atoms with E-state index in [-0.39, 0.29) is 0 Å². The Morgan fingerprint density at radius 2 is 1.75 bits per heavy atom. The van der Waals surface area contributed by atoms with E-state index in [4.69, 9.17) is 4.74 Å². The van der Waals surface area contributed by atoms with Gasteiger partial charge in [-0.1, -0.05) is 30.3 Å². The largest absolute Gasteiger partial charge is 0.381 e. The number of carbonyl (C=O) groups is 1. The molecule has 2 fully saturated rings. The van der Waals surface area contributed by atoms with Gasteiger partial charge in [0.05, 0.1) is 6.10 Å². The first-order valence-corrected chi connectivity index (χ1v) is 9.35. The number of hydrogen-bond acceptors (Lipinski definition) is 3. The van der Waals surface area contributed by atoms with Crippen molar-refractivity contribution in [3.63, 3.8) is 0 Å². The highest BCUT2D eigenvalue weighted by molar-refractivity contribution is 5.76. The second kappa shape index (κ2) is 8.63. The van der Waals surface area contributed by atoms with Gasteiger partial charge in [-0.15, -0.1) is 0 Å². The molecule has 1 unspecified atom stereocenters. The Kier molecular flexibility index (Phi) is 6.27. The molecule has 132 valence electrons. The first kappa shape index (κ1) is 17.4. The molecule has 1 amide bonds. The zero-order valence-corrected chi connectivity index (χ0v) is 14.7. The number of nitrogens with zero attached hydrogens (tertiary/aromatic N) is 1. The highest BCUT2D eigenvalue weighted by Crippen LogP contribution is 2.23. The standard InChI is InChI=1S/C20H30N2O2/c1-24-19-10-7-17(8-11-19)21-18-9-12-20(23)22(14-13-18)15-16-5-3-2-4-6-16/h2-6,17-19,21H,7-15H2,1H3. The monoisotopic (exact) mass is 330 g/mol. The van der Waals surface area contributed by atoms with Crippen molar-refractivity contribution in [3.05, 3.63) is 35.9 Å². The number of nitrogens with one attached hydrogen (secondary N) is 1. The lowest BCUT2D eigenvalue weighted by Gasteiger charge is -2.31. The summed E-state index contributed by atoms with van der Waals surface area (Å²) in [5, 5.41) is 3.81. The van der Waals surface area contributed by atoms with Crippen molar-refractivity contribution in [1.82, 2.24) is 10.2 Å². The Morgan fingerprint density at radius 3 is 2.46 bits per heavy atom. The molecule has 1 N–H and O–H groups in total. The molecule has 1 saturated heterocycles. The molecule has 0 radical (unpaired) electrons. The van der Waals surface area contributed by atoms with Gasteiger partial charge in [-0.05, 0) is 44.1 Å². The maximum absolute atomic E-state index is 12.4. The van der Waals surface area contributed by atoms with Crippen LogP contribution in [0.5, 0.6) is 0 Å². The fourth-order valence-corrected chi connectivity index (χ4v) is 3.97. The average Bonchev–Trinajstić information content (AvgIpc) is 2.79. The van der Waals surface area contributed by atoms with E-state index < -0.39 is 0 Å². The van der Waals surface area contributed by atoms with Crippen LogP contribution in [-0.4, -0.2) is 42.6 Å². The summed E-state index contributed by atoms with van der Waals surface area (Å²) in [6.45, 7) is 1.60. The van der Waals surface area contributed by atoms with E-state index in [1.54, 1.807) is 0 Å². The quantitative estimate of drug-likeness (QED) is 0.902. The predicted octanol–water partition coefficient (Wildman–Crippen LogP) is 3.11. The molecule has 1 aromatic rings. The minimum atomic E-state index is 0.297. The van der Waals surface area contributed by atoms with Gasteiger partial charge in [-0.3, -0.25) is 4.79 Å². The third-order valence-electron chi connectivity index (χ3n) is 5.50. The molecule has 1 heterocycles. The van der Waals surface area contributed by atoms with Gasteiger partial charge >= 0.3 is 0 Å². The second-order valence-electron chi connectivity index (χ2n) is 7.20. The molecule has 3 rings (SSSR count). The molecule has 1 aliphatic heterocycles. The van der Waals surface area contributed by atoms with Gasteiger partial charge in [0.15, 0.2) is 0 Å². The van der Waals surface area contributed by atoms with Crippen molar-refractivity contribution in [1.29, 1.82) is 0 Å². The number of amides is 1. The van der Waals surface area contributed by atoms with Crippen LogP contribution in [0, 0.1) is 0 Å². The van der Waals surface area contributed by atoms with E-state index in [0.717, 1.165) is 38.8 Å². The van der Waals surface area contributed by atoms with E-state index in [2.05, 4.69) is 17.4 Å². The topological polar surface area (TPSA) is 41.6 Å². The molecule has 1 atom stereocenters. The SMILES string of the molecule is COC1CCC(NC2CCC(=O)N(Cc3ccccc3)CC2)CC1. The van der Waals surface area contributed by atoms with Gasteiger partial charge in [0, 0.05) is 38.7 Å². The lowest BCUT2D eigenvalue weighted by atomic mass is 9.92. The summed E-state index contributed by atoms with van der Waals surface area (Å²) < 4.78 is 5.46. The summed E-state index contributed by atoms with van der Waals surface area (Å²) in [6, 6.07) is 11.4. The fraction of sp³-hybridized carbons (Fsp3) is 0.650. The summed E-state index contributed by atoms with van der Waals surface area (Å²) in [5.74, 6) is 0.297. The highest BCUT2D eigenvalue weighted by atomic mass is 16.5. The normalized spacial score (nSPS) is 28.6. The molecule has 4 heteroatoms. The maximum atomic E-state index is 12.4. The second-order valence-corrected chi connectivity index (χ2v) is 7.20. The molecule has 1 aromatic carbocycles. The first-order valence-electron chi connectivity index (χ1n) is 9.35. The van der Waals surface area contributed by atoms with Crippen molar-refractivity contribution in [3.8, 4) is 0 Å². The van der Waals surface area contributed by atoms with E-state index in [0.29, 0.717) is 30.5 Å². The van der Waals surface area contributed by atoms with Crippen molar-refractivity contribution in [2.24, 2.45) is 0 Å². The van der Waals surface area contributed by atoms with Gasteiger partial charge in [0.2, 0.25) is 5.91 Å². The molecule has 0 aromatic heterocycles. The van der Waals surface area contributed by atoms with Crippen LogP contribution in [-0.2, 0) is 16.1 Å². The number of methoxy groups -OCH3 is 1. The predicted molar refractivity (Wildman–Crippen MR) is 95.7 cm³/mol. The third kappa shape index (κ3) is 4.81. The first-order chi connectivity index (χ1) is 11.7. The molecule has 24 heavy (non-hydrogen) atoms. The Balaban J connectivity index is 1.48. The van der Waals surface area contributed by atoms with Crippen molar-refractivity contribution >= 4 is 5.91 Å². The summed E-state index contributed by atoms with van der Waals surface area (Å²) in [7, 11) is 1.82. The molecule has 1 aliphatic carbocycles. The number of ether oxygens (including phenoxy) is 1. The lowest BCUT2D eigenvalue weighted by Crippen LogP contribution is -2.42. The van der Waals surface area contributed by atoms with E-state index in [9.17, 15) is 4.79 Å². The van der Waals surface area contributed by atoms with Crippen LogP contribution < -0.4 is 5.32 Å². The number of carbonyl (C=O) groups excluding carboxylic acids is 1.